The Morgan fingerprint density at radius 1 is 1.19 bits per heavy atom. The number of aromatic nitrogens is 2. The molecule has 1 aliphatic heterocycles. The maximum atomic E-state index is 12.7. The van der Waals surface area contributed by atoms with Crippen LogP contribution in [0.15, 0.2) is 23.0 Å². The van der Waals surface area contributed by atoms with E-state index in [1.54, 1.807) is 23.6 Å². The zero-order valence-corrected chi connectivity index (χ0v) is 18.7. The minimum absolute atomic E-state index is 0.156. The highest BCUT2D eigenvalue weighted by Crippen LogP contribution is 2.29. The monoisotopic (exact) mass is 454 g/mol. The number of rotatable bonds is 4. The Balaban J connectivity index is 1.38. The number of carbonyl (C=O) groups is 3. The van der Waals surface area contributed by atoms with Crippen LogP contribution in [0.2, 0.25) is 0 Å². The van der Waals surface area contributed by atoms with Gasteiger partial charge in [-0.2, -0.15) is 0 Å². The number of urea groups is 1. The number of anilines is 1. The summed E-state index contributed by atoms with van der Waals surface area (Å²) in [6.45, 7) is 5.52. The topological polar surface area (TPSA) is 119 Å². The molecule has 3 heterocycles. The van der Waals surface area contributed by atoms with Gasteiger partial charge >= 0.3 is 12.0 Å². The van der Waals surface area contributed by atoms with Gasteiger partial charge in [0.05, 0.1) is 5.39 Å². The van der Waals surface area contributed by atoms with E-state index in [0.29, 0.717) is 28.0 Å². The summed E-state index contributed by atoms with van der Waals surface area (Å²) in [7, 11) is 0. The van der Waals surface area contributed by atoms with E-state index in [-0.39, 0.29) is 10.4 Å². The van der Waals surface area contributed by atoms with Crippen molar-refractivity contribution in [3.05, 3.63) is 55.9 Å². The highest BCUT2D eigenvalue weighted by molar-refractivity contribution is 7.20. The first-order valence-corrected chi connectivity index (χ1v) is 10.9. The fraction of sp³-hybridized carbons (Fsp3) is 0.318. The number of aryl methyl sites for hydroxylation is 4. The van der Waals surface area contributed by atoms with Crippen LogP contribution in [0.3, 0.4) is 0 Å². The normalized spacial score (nSPS) is 12.5. The molecule has 0 bridgehead atoms. The number of nitrogens with one attached hydrogen (secondary N) is 2. The zero-order chi connectivity index (χ0) is 23.0. The lowest BCUT2D eigenvalue weighted by Crippen LogP contribution is -2.37. The van der Waals surface area contributed by atoms with Crippen molar-refractivity contribution in [3.63, 3.8) is 0 Å². The molecule has 3 amide bonds. The lowest BCUT2D eigenvalue weighted by atomic mass is 10.1. The first kappa shape index (κ1) is 21.7. The number of fused-ring (bicyclic) bond motifs is 2. The third kappa shape index (κ3) is 4.13. The van der Waals surface area contributed by atoms with Crippen LogP contribution in [-0.2, 0) is 22.5 Å². The number of benzene rings is 1. The minimum Gasteiger partial charge on any atom is -0.451 e. The van der Waals surface area contributed by atoms with E-state index >= 15 is 0 Å². The molecule has 2 aromatic heterocycles. The fourth-order valence-electron chi connectivity index (χ4n) is 3.61. The first-order valence-electron chi connectivity index (χ1n) is 10.1. The van der Waals surface area contributed by atoms with Crippen molar-refractivity contribution in [1.82, 2.24) is 14.9 Å². The smallest absolute Gasteiger partial charge is 0.349 e. The van der Waals surface area contributed by atoms with E-state index in [4.69, 9.17) is 4.74 Å². The highest BCUT2D eigenvalue weighted by atomic mass is 32.1. The molecular formula is C22H22N4O5S. The van der Waals surface area contributed by atoms with Crippen molar-refractivity contribution >= 4 is 45.1 Å². The van der Waals surface area contributed by atoms with Gasteiger partial charge in [-0.3, -0.25) is 19.5 Å². The molecular weight excluding hydrogens is 432 g/mol. The summed E-state index contributed by atoms with van der Waals surface area (Å²) in [6.07, 6.45) is 1.60. The maximum absolute atomic E-state index is 12.7. The third-order valence-electron chi connectivity index (χ3n) is 5.45. The number of ether oxygens (including phenoxy) is 1. The first-order chi connectivity index (χ1) is 15.2. The number of nitrogens with zero attached hydrogens (tertiary/aromatic N) is 2. The summed E-state index contributed by atoms with van der Waals surface area (Å²) in [5.74, 6) is -0.784. The molecule has 2 N–H and O–H groups in total. The highest BCUT2D eigenvalue weighted by Gasteiger charge is 2.24. The third-order valence-corrected chi connectivity index (χ3v) is 6.61. The van der Waals surface area contributed by atoms with Gasteiger partial charge in [-0.1, -0.05) is 6.07 Å². The van der Waals surface area contributed by atoms with Gasteiger partial charge in [0.1, 0.15) is 15.5 Å². The van der Waals surface area contributed by atoms with E-state index in [2.05, 4.69) is 15.6 Å². The van der Waals surface area contributed by atoms with E-state index in [0.717, 1.165) is 41.1 Å². The van der Waals surface area contributed by atoms with Gasteiger partial charge in [-0.25, -0.2) is 14.6 Å². The summed E-state index contributed by atoms with van der Waals surface area (Å²) in [6, 6.07) is 4.65. The molecule has 4 rings (SSSR count). The van der Waals surface area contributed by atoms with Gasteiger partial charge in [0.2, 0.25) is 0 Å². The second kappa shape index (κ2) is 8.54. The Bertz CT molecular complexity index is 1320. The molecule has 9 nitrogen and oxygen atoms in total. The van der Waals surface area contributed by atoms with Crippen molar-refractivity contribution in [2.75, 3.05) is 11.9 Å². The van der Waals surface area contributed by atoms with Crippen LogP contribution in [0.5, 0.6) is 0 Å². The molecule has 0 unspecified atom stereocenters. The molecule has 32 heavy (non-hydrogen) atoms. The average molecular weight is 455 g/mol. The van der Waals surface area contributed by atoms with Crippen LogP contribution >= 0.6 is 11.3 Å². The molecule has 0 atom stereocenters. The molecule has 1 aromatic carbocycles. The Kier molecular flexibility index (Phi) is 5.79. The molecule has 0 radical (unpaired) electrons. The Labute approximate surface area is 187 Å². The number of hydrogen-bond donors (Lipinski definition) is 2. The number of hydrogen-bond acceptors (Lipinski definition) is 7. The van der Waals surface area contributed by atoms with Gasteiger partial charge in [0.25, 0.3) is 11.5 Å². The van der Waals surface area contributed by atoms with Crippen molar-refractivity contribution in [2.24, 2.45) is 0 Å². The van der Waals surface area contributed by atoms with Gasteiger partial charge in [-0.05, 0) is 56.0 Å². The van der Waals surface area contributed by atoms with Crippen LogP contribution in [-0.4, -0.2) is 34.1 Å². The zero-order valence-electron chi connectivity index (χ0n) is 17.9. The largest absolute Gasteiger partial charge is 0.451 e. The second-order valence-corrected chi connectivity index (χ2v) is 8.70. The summed E-state index contributed by atoms with van der Waals surface area (Å²) in [5, 5.41) is 5.09. The summed E-state index contributed by atoms with van der Waals surface area (Å²) in [5.41, 5.74) is 2.96. The van der Waals surface area contributed by atoms with E-state index in [9.17, 15) is 19.2 Å². The Morgan fingerprint density at radius 3 is 2.72 bits per heavy atom. The molecule has 0 aliphatic carbocycles. The standard InChI is InChI=1S/C22H22N4O5S/c1-11-6-7-14(9-12(11)2)23-22(30)25-16(27)10-31-21(29)18-13(3)17-19(32-18)24-15-5-4-8-26(15)20(17)28/h6-7,9H,4-5,8,10H2,1-3H3,(H2,23,25,27,30). The van der Waals surface area contributed by atoms with Crippen LogP contribution < -0.4 is 16.2 Å². The van der Waals surface area contributed by atoms with Gasteiger partial charge in [-0.15, -0.1) is 11.3 Å². The van der Waals surface area contributed by atoms with Crippen LogP contribution in [0.1, 0.15) is 38.6 Å². The molecule has 10 heteroatoms. The number of thiophene rings is 1. The molecule has 0 fully saturated rings. The summed E-state index contributed by atoms with van der Waals surface area (Å²) < 4.78 is 6.71. The quantitative estimate of drug-likeness (QED) is 0.585. The van der Waals surface area contributed by atoms with Gasteiger partial charge < -0.3 is 10.1 Å². The van der Waals surface area contributed by atoms with Crippen molar-refractivity contribution < 1.29 is 19.1 Å². The van der Waals surface area contributed by atoms with E-state index < -0.39 is 24.5 Å². The number of esters is 1. The molecule has 166 valence electrons. The van der Waals surface area contributed by atoms with Crippen LogP contribution in [0, 0.1) is 20.8 Å². The fourth-order valence-corrected chi connectivity index (χ4v) is 4.70. The van der Waals surface area contributed by atoms with Crippen LogP contribution in [0.4, 0.5) is 10.5 Å². The Morgan fingerprint density at radius 2 is 1.97 bits per heavy atom. The predicted octanol–water partition coefficient (Wildman–Crippen LogP) is 2.83. The minimum atomic E-state index is -0.768. The summed E-state index contributed by atoms with van der Waals surface area (Å²) >= 11 is 1.07. The molecule has 3 aromatic rings. The lowest BCUT2D eigenvalue weighted by Gasteiger charge is -2.09. The van der Waals surface area contributed by atoms with Crippen molar-refractivity contribution in [3.8, 4) is 0 Å². The van der Waals surface area contributed by atoms with Crippen molar-refractivity contribution in [1.29, 1.82) is 0 Å². The van der Waals surface area contributed by atoms with Crippen molar-refractivity contribution in [2.45, 2.75) is 40.2 Å². The Hall–Kier alpha value is -3.53. The SMILES string of the molecule is Cc1ccc(NC(=O)NC(=O)COC(=O)c2sc3nc4n(c(=O)c3c2C)CCC4)cc1C. The predicted molar refractivity (Wildman–Crippen MR) is 120 cm³/mol. The second-order valence-electron chi connectivity index (χ2n) is 7.70. The maximum Gasteiger partial charge on any atom is 0.349 e. The van der Waals surface area contributed by atoms with E-state index in [1.165, 1.54) is 0 Å². The summed E-state index contributed by atoms with van der Waals surface area (Å²) in [4.78, 5) is 54.5. The molecule has 0 spiro atoms. The number of imide groups is 1. The molecule has 0 saturated heterocycles. The number of carbonyl (C=O) groups excluding carboxylic acids is 3. The van der Waals surface area contributed by atoms with Gasteiger partial charge in [0.15, 0.2) is 6.61 Å². The van der Waals surface area contributed by atoms with Gasteiger partial charge in [0, 0.05) is 18.7 Å². The van der Waals surface area contributed by atoms with E-state index in [1.807, 2.05) is 19.9 Å². The molecule has 0 saturated carbocycles. The van der Waals surface area contributed by atoms with Crippen LogP contribution in [0.25, 0.3) is 10.2 Å². The molecule has 1 aliphatic rings. The average Bonchev–Trinajstić information content (AvgIpc) is 3.34. The number of amides is 3. The lowest BCUT2D eigenvalue weighted by molar-refractivity contribution is -0.123.